The molecule has 0 atom stereocenters. The second-order valence-corrected chi connectivity index (χ2v) is 4.74. The minimum absolute atomic E-state index is 0.0414. The van der Waals surface area contributed by atoms with Gasteiger partial charge in [0.05, 0.1) is 11.5 Å². The lowest BCUT2D eigenvalue weighted by Gasteiger charge is -2.30. The molecule has 0 radical (unpaired) electrons. The SMILES string of the molecule is CCc1nn(C)c(N(CCO)C(CC)CC)c1[N+](=O)[O-]. The molecule has 0 saturated carbocycles. The maximum Gasteiger partial charge on any atom is 0.334 e. The molecule has 0 spiro atoms. The highest BCUT2D eigenvalue weighted by molar-refractivity contribution is 5.62. The van der Waals surface area contributed by atoms with E-state index >= 15 is 0 Å². The van der Waals surface area contributed by atoms with Crippen LogP contribution in [0.15, 0.2) is 0 Å². The van der Waals surface area contributed by atoms with Crippen molar-refractivity contribution in [3.8, 4) is 0 Å². The van der Waals surface area contributed by atoms with Crippen molar-refractivity contribution < 1.29 is 10.0 Å². The van der Waals surface area contributed by atoms with E-state index in [-0.39, 0.29) is 23.3 Å². The Hall–Kier alpha value is -1.63. The Morgan fingerprint density at radius 3 is 2.40 bits per heavy atom. The maximum atomic E-state index is 11.4. The largest absolute Gasteiger partial charge is 0.395 e. The quantitative estimate of drug-likeness (QED) is 0.582. The molecule has 7 heteroatoms. The van der Waals surface area contributed by atoms with Crippen LogP contribution in [0.2, 0.25) is 0 Å². The third-order valence-corrected chi connectivity index (χ3v) is 3.58. The summed E-state index contributed by atoms with van der Waals surface area (Å²) in [5.41, 5.74) is 0.553. The molecule has 0 aliphatic carbocycles. The van der Waals surface area contributed by atoms with Crippen LogP contribution in [0, 0.1) is 10.1 Å². The molecule has 0 aromatic carbocycles. The van der Waals surface area contributed by atoms with Gasteiger partial charge in [-0.05, 0) is 19.3 Å². The van der Waals surface area contributed by atoms with Gasteiger partial charge in [0.1, 0.15) is 5.69 Å². The Bertz CT molecular complexity index is 455. The maximum absolute atomic E-state index is 11.4. The fourth-order valence-corrected chi connectivity index (χ4v) is 2.60. The zero-order valence-electron chi connectivity index (χ0n) is 12.7. The van der Waals surface area contributed by atoms with Crippen molar-refractivity contribution in [2.45, 2.75) is 46.1 Å². The molecule has 7 nitrogen and oxygen atoms in total. The molecule has 0 bridgehead atoms. The first-order valence-electron chi connectivity index (χ1n) is 7.09. The van der Waals surface area contributed by atoms with Crippen molar-refractivity contribution in [3.63, 3.8) is 0 Å². The number of hydrogen-bond acceptors (Lipinski definition) is 5. The van der Waals surface area contributed by atoms with Crippen LogP contribution in [0.4, 0.5) is 11.5 Å². The van der Waals surface area contributed by atoms with E-state index in [1.165, 1.54) is 0 Å². The van der Waals surface area contributed by atoms with Gasteiger partial charge in [-0.3, -0.25) is 10.1 Å². The second-order valence-electron chi connectivity index (χ2n) is 4.74. The molecule has 0 fully saturated rings. The fourth-order valence-electron chi connectivity index (χ4n) is 2.60. The number of aliphatic hydroxyl groups is 1. The molecule has 1 aromatic rings. The molecule has 0 saturated heterocycles. The Balaban J connectivity index is 3.38. The van der Waals surface area contributed by atoms with Gasteiger partial charge in [0.2, 0.25) is 5.82 Å². The number of aromatic nitrogens is 2. The molecule has 0 aliphatic rings. The molecule has 1 rings (SSSR count). The molecule has 0 aliphatic heterocycles. The summed E-state index contributed by atoms with van der Waals surface area (Å²) in [6.07, 6.45) is 2.24. The molecular formula is C13H24N4O3. The Kier molecular flexibility index (Phi) is 5.94. The average Bonchev–Trinajstić information content (AvgIpc) is 2.75. The molecule has 0 unspecified atom stereocenters. The lowest BCUT2D eigenvalue weighted by Crippen LogP contribution is -2.38. The van der Waals surface area contributed by atoms with Crippen LogP contribution in [-0.2, 0) is 13.5 Å². The van der Waals surface area contributed by atoms with Crippen LogP contribution in [0.5, 0.6) is 0 Å². The zero-order valence-corrected chi connectivity index (χ0v) is 12.7. The van der Waals surface area contributed by atoms with Crippen molar-refractivity contribution in [2.75, 3.05) is 18.1 Å². The summed E-state index contributed by atoms with van der Waals surface area (Å²) < 4.78 is 1.56. The Morgan fingerprint density at radius 1 is 1.40 bits per heavy atom. The summed E-state index contributed by atoms with van der Waals surface area (Å²) in [6, 6.07) is 0.154. The van der Waals surface area contributed by atoms with Gasteiger partial charge in [-0.15, -0.1) is 0 Å². The standard InChI is InChI=1S/C13H24N4O3/c1-5-10(6-2)16(8-9-18)13-12(17(19)20)11(7-3)14-15(13)4/h10,18H,5-9H2,1-4H3. The summed E-state index contributed by atoms with van der Waals surface area (Å²) >= 11 is 0. The average molecular weight is 284 g/mol. The number of nitro groups is 1. The van der Waals surface area contributed by atoms with Gasteiger partial charge < -0.3 is 10.0 Å². The van der Waals surface area contributed by atoms with E-state index in [1.807, 2.05) is 25.7 Å². The number of nitrogens with zero attached hydrogens (tertiary/aromatic N) is 4. The predicted molar refractivity (Wildman–Crippen MR) is 78.0 cm³/mol. The van der Waals surface area contributed by atoms with Crippen molar-refractivity contribution in [2.24, 2.45) is 7.05 Å². The van der Waals surface area contributed by atoms with Crippen LogP contribution in [0.3, 0.4) is 0 Å². The van der Waals surface area contributed by atoms with E-state index in [0.717, 1.165) is 12.8 Å². The van der Waals surface area contributed by atoms with Gasteiger partial charge in [0.25, 0.3) is 0 Å². The number of hydrogen-bond donors (Lipinski definition) is 1. The minimum Gasteiger partial charge on any atom is -0.395 e. The van der Waals surface area contributed by atoms with Crippen molar-refractivity contribution in [1.82, 2.24) is 9.78 Å². The first-order valence-corrected chi connectivity index (χ1v) is 7.09. The minimum atomic E-state index is -0.367. The van der Waals surface area contributed by atoms with E-state index < -0.39 is 0 Å². The van der Waals surface area contributed by atoms with E-state index in [4.69, 9.17) is 0 Å². The van der Waals surface area contributed by atoms with Crippen LogP contribution >= 0.6 is 0 Å². The van der Waals surface area contributed by atoms with E-state index in [0.29, 0.717) is 24.5 Å². The van der Waals surface area contributed by atoms with Crippen molar-refractivity contribution in [3.05, 3.63) is 15.8 Å². The highest BCUT2D eigenvalue weighted by Crippen LogP contribution is 2.33. The molecule has 20 heavy (non-hydrogen) atoms. The molecule has 1 N–H and O–H groups in total. The predicted octanol–water partition coefficient (Wildman–Crippen LogP) is 1.88. The van der Waals surface area contributed by atoms with E-state index in [2.05, 4.69) is 5.10 Å². The van der Waals surface area contributed by atoms with Crippen LogP contribution in [0.25, 0.3) is 0 Å². The summed E-state index contributed by atoms with van der Waals surface area (Å²) in [6.45, 7) is 6.27. The van der Waals surface area contributed by atoms with Crippen LogP contribution in [0.1, 0.15) is 39.3 Å². The van der Waals surface area contributed by atoms with Gasteiger partial charge in [0, 0.05) is 19.6 Å². The highest BCUT2D eigenvalue weighted by atomic mass is 16.6. The lowest BCUT2D eigenvalue weighted by atomic mass is 10.1. The van der Waals surface area contributed by atoms with Crippen molar-refractivity contribution in [1.29, 1.82) is 0 Å². The molecule has 0 amide bonds. The normalized spacial score (nSPS) is 11.1. The summed E-state index contributed by atoms with van der Waals surface area (Å²) in [7, 11) is 1.72. The van der Waals surface area contributed by atoms with Crippen molar-refractivity contribution >= 4 is 11.5 Å². The smallest absolute Gasteiger partial charge is 0.334 e. The topological polar surface area (TPSA) is 84.4 Å². The molecular weight excluding hydrogens is 260 g/mol. The van der Waals surface area contributed by atoms with Gasteiger partial charge in [0.15, 0.2) is 0 Å². The first-order chi connectivity index (χ1) is 9.51. The van der Waals surface area contributed by atoms with E-state index in [9.17, 15) is 15.2 Å². The first kappa shape index (κ1) is 16.4. The number of aryl methyl sites for hydroxylation is 2. The van der Waals surface area contributed by atoms with Gasteiger partial charge >= 0.3 is 5.69 Å². The Labute approximate surface area is 119 Å². The Morgan fingerprint density at radius 2 is 2.00 bits per heavy atom. The number of rotatable bonds is 8. The van der Waals surface area contributed by atoms with Crippen LogP contribution < -0.4 is 4.90 Å². The second kappa shape index (κ2) is 7.23. The van der Waals surface area contributed by atoms with Gasteiger partial charge in [-0.25, -0.2) is 4.68 Å². The van der Waals surface area contributed by atoms with Gasteiger partial charge in [-0.1, -0.05) is 20.8 Å². The van der Waals surface area contributed by atoms with Gasteiger partial charge in [-0.2, -0.15) is 5.10 Å². The monoisotopic (exact) mass is 284 g/mol. The van der Waals surface area contributed by atoms with E-state index in [1.54, 1.807) is 11.7 Å². The fraction of sp³-hybridized carbons (Fsp3) is 0.769. The summed E-state index contributed by atoms with van der Waals surface area (Å²) in [5, 5.41) is 24.9. The summed E-state index contributed by atoms with van der Waals surface area (Å²) in [4.78, 5) is 12.9. The third-order valence-electron chi connectivity index (χ3n) is 3.58. The zero-order chi connectivity index (χ0) is 15.3. The molecule has 114 valence electrons. The summed E-state index contributed by atoms with van der Waals surface area (Å²) in [5.74, 6) is 0.495. The highest BCUT2D eigenvalue weighted by Gasteiger charge is 2.31. The molecule has 1 heterocycles. The number of anilines is 1. The van der Waals surface area contributed by atoms with Crippen LogP contribution in [-0.4, -0.2) is 39.0 Å². The third kappa shape index (κ3) is 3.09. The molecule has 1 aromatic heterocycles. The lowest BCUT2D eigenvalue weighted by molar-refractivity contribution is -0.384. The number of aliphatic hydroxyl groups excluding tert-OH is 1.